The SMILES string of the molecule is CC(c1ccc(C(=O)N[C@H](C)CO)cc1)N1Cc2cc(-c3n[nH]c4c3CC(C)(C)C4)cc(F)c2C1=O. The van der Waals surface area contributed by atoms with Crippen molar-refractivity contribution in [1.29, 1.82) is 0 Å². The van der Waals surface area contributed by atoms with Crippen molar-refractivity contribution in [2.45, 2.75) is 59.2 Å². The lowest BCUT2D eigenvalue weighted by atomic mass is 9.89. The van der Waals surface area contributed by atoms with Crippen molar-refractivity contribution in [2.24, 2.45) is 5.41 Å². The Bertz CT molecular complexity index is 1350. The van der Waals surface area contributed by atoms with Crippen LogP contribution in [0.3, 0.4) is 0 Å². The number of nitrogens with zero attached hydrogens (tertiary/aromatic N) is 2. The molecule has 2 aliphatic rings. The highest BCUT2D eigenvalue weighted by Crippen LogP contribution is 2.41. The van der Waals surface area contributed by atoms with Crippen LogP contribution in [-0.4, -0.2) is 44.7 Å². The number of H-pyrrole nitrogens is 1. The first-order chi connectivity index (χ1) is 17.1. The number of amides is 2. The van der Waals surface area contributed by atoms with Crippen molar-refractivity contribution < 1.29 is 19.1 Å². The van der Waals surface area contributed by atoms with E-state index >= 15 is 4.39 Å². The molecule has 1 aromatic heterocycles. The van der Waals surface area contributed by atoms with Gasteiger partial charge in [0.25, 0.3) is 11.8 Å². The predicted molar refractivity (Wildman–Crippen MR) is 134 cm³/mol. The molecule has 2 aromatic carbocycles. The maximum Gasteiger partial charge on any atom is 0.257 e. The van der Waals surface area contributed by atoms with Gasteiger partial charge in [0.15, 0.2) is 0 Å². The van der Waals surface area contributed by atoms with E-state index in [1.807, 2.05) is 13.0 Å². The van der Waals surface area contributed by atoms with Gasteiger partial charge < -0.3 is 15.3 Å². The van der Waals surface area contributed by atoms with Crippen LogP contribution in [0.1, 0.15) is 76.8 Å². The Hall–Kier alpha value is -3.52. The molecule has 3 N–H and O–H groups in total. The second kappa shape index (κ2) is 8.85. The maximum atomic E-state index is 15.3. The number of benzene rings is 2. The number of fused-ring (bicyclic) bond motifs is 2. The third kappa shape index (κ3) is 4.19. The molecule has 0 saturated carbocycles. The molecule has 1 aliphatic carbocycles. The Balaban J connectivity index is 1.37. The van der Waals surface area contributed by atoms with Gasteiger partial charge in [-0.1, -0.05) is 26.0 Å². The molecule has 1 aliphatic heterocycles. The number of halogens is 1. The highest BCUT2D eigenvalue weighted by Gasteiger charge is 2.36. The second-order valence-corrected chi connectivity index (χ2v) is 10.8. The minimum atomic E-state index is -0.527. The fourth-order valence-electron chi connectivity index (χ4n) is 5.32. The van der Waals surface area contributed by atoms with Gasteiger partial charge in [-0.15, -0.1) is 0 Å². The van der Waals surface area contributed by atoms with Gasteiger partial charge in [0, 0.05) is 35.0 Å². The van der Waals surface area contributed by atoms with E-state index in [-0.39, 0.29) is 41.5 Å². The van der Waals surface area contributed by atoms with Crippen LogP contribution < -0.4 is 5.32 Å². The molecule has 5 rings (SSSR count). The summed E-state index contributed by atoms with van der Waals surface area (Å²) in [5.41, 5.74) is 5.91. The molecule has 0 spiro atoms. The molecular weight excluding hydrogens is 459 g/mol. The van der Waals surface area contributed by atoms with Crippen molar-refractivity contribution in [3.8, 4) is 11.3 Å². The average Bonchev–Trinajstić information content (AvgIpc) is 3.47. The first-order valence-corrected chi connectivity index (χ1v) is 12.3. The molecule has 188 valence electrons. The molecule has 7 nitrogen and oxygen atoms in total. The van der Waals surface area contributed by atoms with Gasteiger partial charge in [0.2, 0.25) is 0 Å². The lowest BCUT2D eigenvalue weighted by Crippen LogP contribution is -2.35. The Labute approximate surface area is 209 Å². The molecule has 0 bridgehead atoms. The van der Waals surface area contributed by atoms with Gasteiger partial charge in [0.05, 0.1) is 23.9 Å². The quantitative estimate of drug-likeness (QED) is 0.483. The highest BCUT2D eigenvalue weighted by molar-refractivity contribution is 5.99. The summed E-state index contributed by atoms with van der Waals surface area (Å²) in [5, 5.41) is 19.4. The van der Waals surface area contributed by atoms with Gasteiger partial charge in [-0.3, -0.25) is 14.7 Å². The topological polar surface area (TPSA) is 98.3 Å². The first kappa shape index (κ1) is 24.2. The largest absolute Gasteiger partial charge is 0.394 e. The van der Waals surface area contributed by atoms with Crippen LogP contribution in [0.15, 0.2) is 36.4 Å². The zero-order valence-corrected chi connectivity index (χ0v) is 21.0. The van der Waals surface area contributed by atoms with Gasteiger partial charge in [-0.25, -0.2) is 4.39 Å². The van der Waals surface area contributed by atoms with E-state index in [2.05, 4.69) is 29.4 Å². The summed E-state index contributed by atoms with van der Waals surface area (Å²) in [7, 11) is 0. The van der Waals surface area contributed by atoms with Crippen LogP contribution in [-0.2, 0) is 19.4 Å². The van der Waals surface area contributed by atoms with Crippen LogP contribution in [0.25, 0.3) is 11.3 Å². The number of hydrogen-bond donors (Lipinski definition) is 3. The van der Waals surface area contributed by atoms with E-state index in [1.54, 1.807) is 36.1 Å². The molecule has 3 aromatic rings. The fourth-order valence-corrected chi connectivity index (χ4v) is 5.32. The molecule has 2 amide bonds. The smallest absolute Gasteiger partial charge is 0.257 e. The molecular formula is C28H31FN4O3. The summed E-state index contributed by atoms with van der Waals surface area (Å²) >= 11 is 0. The van der Waals surface area contributed by atoms with Gasteiger partial charge in [-0.05, 0) is 67.5 Å². The number of aliphatic hydroxyl groups is 1. The molecule has 0 fully saturated rings. The normalized spacial score (nSPS) is 17.6. The fraction of sp³-hybridized carbons (Fsp3) is 0.393. The van der Waals surface area contributed by atoms with Crippen molar-refractivity contribution in [1.82, 2.24) is 20.4 Å². The van der Waals surface area contributed by atoms with Crippen LogP contribution in [0, 0.1) is 11.2 Å². The van der Waals surface area contributed by atoms with Crippen LogP contribution >= 0.6 is 0 Å². The Morgan fingerprint density at radius 1 is 1.22 bits per heavy atom. The number of hydrogen-bond acceptors (Lipinski definition) is 4. The summed E-state index contributed by atoms with van der Waals surface area (Å²) in [6.07, 6.45) is 1.79. The highest BCUT2D eigenvalue weighted by atomic mass is 19.1. The minimum absolute atomic E-state index is 0.118. The minimum Gasteiger partial charge on any atom is -0.394 e. The van der Waals surface area contributed by atoms with Crippen molar-refractivity contribution in [3.05, 3.63) is 75.7 Å². The van der Waals surface area contributed by atoms with E-state index < -0.39 is 5.82 Å². The number of aromatic nitrogens is 2. The summed E-state index contributed by atoms with van der Waals surface area (Å²) in [4.78, 5) is 27.1. The monoisotopic (exact) mass is 490 g/mol. The Morgan fingerprint density at radius 3 is 2.64 bits per heavy atom. The molecule has 36 heavy (non-hydrogen) atoms. The number of nitrogens with one attached hydrogen (secondary N) is 2. The zero-order chi connectivity index (χ0) is 25.8. The number of aromatic amines is 1. The lowest BCUT2D eigenvalue weighted by molar-refractivity contribution is 0.0712. The maximum absolute atomic E-state index is 15.3. The number of rotatable bonds is 6. The summed E-state index contributed by atoms with van der Waals surface area (Å²) in [6.45, 7) is 8.19. The summed E-state index contributed by atoms with van der Waals surface area (Å²) in [6, 6.07) is 9.65. The number of carbonyl (C=O) groups is 2. The first-order valence-electron chi connectivity index (χ1n) is 12.3. The van der Waals surface area contributed by atoms with Crippen LogP contribution in [0.4, 0.5) is 4.39 Å². The van der Waals surface area contributed by atoms with Gasteiger partial charge in [-0.2, -0.15) is 5.10 Å². The molecule has 0 saturated heterocycles. The van der Waals surface area contributed by atoms with Gasteiger partial charge in [0.1, 0.15) is 5.82 Å². The predicted octanol–water partition coefficient (Wildman–Crippen LogP) is 4.17. The molecule has 2 atom stereocenters. The molecule has 1 unspecified atom stereocenters. The lowest BCUT2D eigenvalue weighted by Gasteiger charge is -2.25. The Kier molecular flexibility index (Phi) is 5.95. The van der Waals surface area contributed by atoms with Crippen LogP contribution in [0.5, 0.6) is 0 Å². The van der Waals surface area contributed by atoms with Crippen molar-refractivity contribution in [3.63, 3.8) is 0 Å². The zero-order valence-electron chi connectivity index (χ0n) is 21.0. The molecule has 2 heterocycles. The standard InChI is InChI=1S/C28H31FN4O3/c1-15(14-34)30-26(35)18-7-5-17(6-8-18)16(2)33-13-20-9-19(10-22(29)24(20)27(33)36)25-21-11-28(3,4)12-23(21)31-32-25/h5-10,15-16,34H,11-14H2,1-4H3,(H,30,35)(H,31,32)/t15-,16?/m1/s1. The Morgan fingerprint density at radius 2 is 1.94 bits per heavy atom. The number of carbonyl (C=O) groups excluding carboxylic acids is 2. The van der Waals surface area contributed by atoms with Crippen LogP contribution in [0.2, 0.25) is 0 Å². The van der Waals surface area contributed by atoms with Crippen molar-refractivity contribution >= 4 is 11.8 Å². The third-order valence-corrected chi connectivity index (χ3v) is 7.30. The summed E-state index contributed by atoms with van der Waals surface area (Å²) in [5.74, 6) is -1.14. The van der Waals surface area contributed by atoms with E-state index in [1.165, 1.54) is 6.07 Å². The van der Waals surface area contributed by atoms with E-state index in [9.17, 15) is 9.59 Å². The molecule has 0 radical (unpaired) electrons. The van der Waals surface area contributed by atoms with Gasteiger partial charge >= 0.3 is 0 Å². The van der Waals surface area contributed by atoms with E-state index in [0.29, 0.717) is 23.2 Å². The number of aliphatic hydroxyl groups excluding tert-OH is 1. The average molecular weight is 491 g/mol. The molecule has 8 heteroatoms. The third-order valence-electron chi connectivity index (χ3n) is 7.30. The summed E-state index contributed by atoms with van der Waals surface area (Å²) < 4.78 is 15.3. The van der Waals surface area contributed by atoms with Crippen molar-refractivity contribution in [2.75, 3.05) is 6.61 Å². The second-order valence-electron chi connectivity index (χ2n) is 10.8. The van der Waals surface area contributed by atoms with E-state index in [4.69, 9.17) is 5.11 Å². The van der Waals surface area contributed by atoms with E-state index in [0.717, 1.165) is 35.4 Å².